The molecule has 1 aromatic carbocycles. The van der Waals surface area contributed by atoms with Crippen LogP contribution in [-0.2, 0) is 13.2 Å². The van der Waals surface area contributed by atoms with Crippen molar-refractivity contribution in [2.45, 2.75) is 40.0 Å². The van der Waals surface area contributed by atoms with E-state index in [0.717, 1.165) is 12.2 Å². The number of nitrogens with zero attached hydrogens (tertiary/aromatic N) is 3. The van der Waals surface area contributed by atoms with Gasteiger partial charge in [0.1, 0.15) is 23.9 Å². The summed E-state index contributed by atoms with van der Waals surface area (Å²) in [5.74, 6) is 0.262. The Morgan fingerprint density at radius 3 is 2.74 bits per heavy atom. The van der Waals surface area contributed by atoms with Crippen LogP contribution in [0.3, 0.4) is 0 Å². The lowest BCUT2D eigenvalue weighted by molar-refractivity contribution is 0.0927. The number of halogens is 1. The molecule has 7 nitrogen and oxygen atoms in total. The van der Waals surface area contributed by atoms with Gasteiger partial charge in [-0.05, 0) is 51.1 Å². The number of carbonyl (C=O) groups is 1. The summed E-state index contributed by atoms with van der Waals surface area (Å²) in [6, 6.07) is 7.23. The summed E-state index contributed by atoms with van der Waals surface area (Å²) in [7, 11) is 0. The highest BCUT2D eigenvalue weighted by molar-refractivity contribution is 5.94. The molecule has 3 rings (SSSR count). The van der Waals surface area contributed by atoms with E-state index in [9.17, 15) is 9.18 Å². The van der Waals surface area contributed by atoms with Crippen molar-refractivity contribution < 1.29 is 18.4 Å². The first kappa shape index (κ1) is 18.6. The first-order valence-corrected chi connectivity index (χ1v) is 8.65. The molecule has 1 amide bonds. The summed E-state index contributed by atoms with van der Waals surface area (Å²) in [5, 5.41) is 11.1. The molecule has 142 valence electrons. The number of hydrogen-bond acceptors (Lipinski definition) is 5. The van der Waals surface area contributed by atoms with Crippen molar-refractivity contribution in [3.8, 4) is 5.75 Å². The highest BCUT2D eigenvalue weighted by atomic mass is 19.1. The van der Waals surface area contributed by atoms with Crippen molar-refractivity contribution in [1.29, 1.82) is 0 Å². The van der Waals surface area contributed by atoms with E-state index in [0.29, 0.717) is 17.1 Å². The molecule has 2 aromatic heterocycles. The molecule has 1 unspecified atom stereocenters. The summed E-state index contributed by atoms with van der Waals surface area (Å²) in [4.78, 5) is 12.6. The normalized spacial score (nSPS) is 12.0. The molecular weight excluding hydrogens is 351 g/mol. The van der Waals surface area contributed by atoms with Gasteiger partial charge in [0, 0.05) is 12.7 Å². The highest BCUT2D eigenvalue weighted by Gasteiger charge is 2.22. The maximum Gasteiger partial charge on any atom is 0.274 e. The van der Waals surface area contributed by atoms with Crippen LogP contribution in [0.5, 0.6) is 5.75 Å². The molecule has 3 aromatic rings. The zero-order valence-corrected chi connectivity index (χ0v) is 15.4. The molecule has 1 N–H and O–H groups in total. The second-order valence-corrected chi connectivity index (χ2v) is 6.10. The van der Waals surface area contributed by atoms with Gasteiger partial charge in [0.05, 0.1) is 17.3 Å². The topological polar surface area (TPSA) is 82.2 Å². The first-order valence-electron chi connectivity index (χ1n) is 8.65. The fourth-order valence-electron chi connectivity index (χ4n) is 2.55. The molecule has 0 spiro atoms. The molecule has 0 aliphatic rings. The molecular formula is C19H21FN4O3. The van der Waals surface area contributed by atoms with Crippen LogP contribution in [0.1, 0.15) is 47.4 Å². The number of ether oxygens (including phenoxy) is 1. The zero-order valence-electron chi connectivity index (χ0n) is 15.4. The zero-order chi connectivity index (χ0) is 19.4. The lowest BCUT2D eigenvalue weighted by Gasteiger charge is -2.11. The van der Waals surface area contributed by atoms with E-state index >= 15 is 0 Å². The molecule has 2 heterocycles. The number of hydrogen-bond donors (Lipinski definition) is 1. The minimum absolute atomic E-state index is 0.0859. The predicted octanol–water partition coefficient (Wildman–Crippen LogP) is 3.41. The Morgan fingerprint density at radius 1 is 1.33 bits per heavy atom. The number of rotatable bonds is 7. The molecule has 0 bridgehead atoms. The third-order valence-electron chi connectivity index (χ3n) is 4.17. The fourth-order valence-corrected chi connectivity index (χ4v) is 2.55. The maximum absolute atomic E-state index is 13.0. The third-order valence-corrected chi connectivity index (χ3v) is 4.17. The van der Waals surface area contributed by atoms with Crippen molar-refractivity contribution in [3.05, 3.63) is 65.1 Å². The largest absolute Gasteiger partial charge is 0.489 e. The first-order chi connectivity index (χ1) is 13.0. The number of benzene rings is 1. The minimum atomic E-state index is -0.372. The van der Waals surface area contributed by atoms with Crippen LogP contribution < -0.4 is 10.1 Å². The maximum atomic E-state index is 13.0. The number of aryl methyl sites for hydroxylation is 2. The van der Waals surface area contributed by atoms with Gasteiger partial charge in [-0.25, -0.2) is 4.39 Å². The second-order valence-electron chi connectivity index (χ2n) is 6.10. The quantitative estimate of drug-likeness (QED) is 0.687. The Kier molecular flexibility index (Phi) is 5.54. The lowest BCUT2D eigenvalue weighted by Crippen LogP contribution is -2.28. The summed E-state index contributed by atoms with van der Waals surface area (Å²) >= 11 is 0. The molecule has 0 saturated carbocycles. The van der Waals surface area contributed by atoms with E-state index < -0.39 is 0 Å². The molecule has 1 atom stereocenters. The second kappa shape index (κ2) is 8.03. The molecule has 8 heteroatoms. The van der Waals surface area contributed by atoms with E-state index in [4.69, 9.17) is 9.26 Å². The van der Waals surface area contributed by atoms with Gasteiger partial charge in [-0.3, -0.25) is 9.48 Å². The van der Waals surface area contributed by atoms with Gasteiger partial charge in [0.2, 0.25) is 0 Å². The van der Waals surface area contributed by atoms with Gasteiger partial charge in [-0.1, -0.05) is 5.16 Å². The number of amides is 1. The van der Waals surface area contributed by atoms with Crippen LogP contribution in [0, 0.1) is 12.7 Å². The third kappa shape index (κ3) is 4.33. The van der Waals surface area contributed by atoms with Gasteiger partial charge in [0.15, 0.2) is 5.69 Å². The van der Waals surface area contributed by atoms with E-state index in [1.165, 1.54) is 24.3 Å². The van der Waals surface area contributed by atoms with Crippen LogP contribution in [0.4, 0.5) is 4.39 Å². The average Bonchev–Trinajstić information content (AvgIpc) is 3.28. The van der Waals surface area contributed by atoms with Gasteiger partial charge in [-0.2, -0.15) is 5.10 Å². The van der Waals surface area contributed by atoms with E-state index in [-0.39, 0.29) is 30.1 Å². The smallest absolute Gasteiger partial charge is 0.274 e. The van der Waals surface area contributed by atoms with Crippen LogP contribution in [0.25, 0.3) is 0 Å². The van der Waals surface area contributed by atoms with Gasteiger partial charge in [0.25, 0.3) is 5.91 Å². The standard InChI is InChI=1S/C19H21FN4O3/c1-4-24-10-9-17(22-24)12(2)21-19(25)18-16(13(3)27-23-18)11-26-15-7-5-14(20)6-8-15/h5-10,12H,4,11H2,1-3H3,(H,21,25). The van der Waals surface area contributed by atoms with Crippen molar-refractivity contribution in [2.24, 2.45) is 0 Å². The van der Waals surface area contributed by atoms with Crippen LogP contribution >= 0.6 is 0 Å². The molecule has 0 radical (unpaired) electrons. The van der Waals surface area contributed by atoms with E-state index in [1.54, 1.807) is 11.6 Å². The van der Waals surface area contributed by atoms with Gasteiger partial charge < -0.3 is 14.6 Å². The van der Waals surface area contributed by atoms with Gasteiger partial charge >= 0.3 is 0 Å². The fraction of sp³-hybridized carbons (Fsp3) is 0.316. The Hall–Kier alpha value is -3.16. The van der Waals surface area contributed by atoms with E-state index in [2.05, 4.69) is 15.6 Å². The van der Waals surface area contributed by atoms with Crippen molar-refractivity contribution in [3.63, 3.8) is 0 Å². The molecule has 0 saturated heterocycles. The Morgan fingerprint density at radius 2 is 2.07 bits per heavy atom. The molecule has 0 aliphatic carbocycles. The highest BCUT2D eigenvalue weighted by Crippen LogP contribution is 2.19. The average molecular weight is 372 g/mol. The number of nitrogens with one attached hydrogen (secondary N) is 1. The summed E-state index contributed by atoms with van der Waals surface area (Å²) in [6.07, 6.45) is 1.86. The van der Waals surface area contributed by atoms with Crippen LogP contribution in [0.2, 0.25) is 0 Å². The predicted molar refractivity (Wildman–Crippen MR) is 95.8 cm³/mol. The molecule has 0 fully saturated rings. The SMILES string of the molecule is CCn1ccc(C(C)NC(=O)c2noc(C)c2COc2ccc(F)cc2)n1. The Labute approximate surface area is 156 Å². The Balaban J connectivity index is 1.69. The lowest BCUT2D eigenvalue weighted by atomic mass is 10.1. The summed E-state index contributed by atoms with van der Waals surface area (Å²) < 4.78 is 25.6. The van der Waals surface area contributed by atoms with Crippen LogP contribution in [0.15, 0.2) is 41.1 Å². The van der Waals surface area contributed by atoms with E-state index in [1.807, 2.05) is 26.1 Å². The molecule has 27 heavy (non-hydrogen) atoms. The van der Waals surface area contributed by atoms with Crippen molar-refractivity contribution in [2.75, 3.05) is 0 Å². The summed E-state index contributed by atoms with van der Waals surface area (Å²) in [6.45, 7) is 6.39. The minimum Gasteiger partial charge on any atom is -0.489 e. The number of carbonyl (C=O) groups excluding carboxylic acids is 1. The number of aromatic nitrogens is 3. The van der Waals surface area contributed by atoms with Crippen molar-refractivity contribution >= 4 is 5.91 Å². The summed E-state index contributed by atoms with van der Waals surface area (Å²) in [5.41, 5.74) is 1.47. The molecule has 0 aliphatic heterocycles. The van der Waals surface area contributed by atoms with Gasteiger partial charge in [-0.15, -0.1) is 0 Å². The Bertz CT molecular complexity index is 917. The van der Waals surface area contributed by atoms with Crippen molar-refractivity contribution in [1.82, 2.24) is 20.3 Å². The monoisotopic (exact) mass is 372 g/mol. The van der Waals surface area contributed by atoms with Crippen LogP contribution in [-0.4, -0.2) is 20.8 Å².